The SMILES string of the molecule is CC(C)CCCCCCCCCCCCCCCCCCC(=O)OC[C@H](COC(=O)CCCCCCCCCCCCCCCCCC(C)C)OC(=O)CCCCCCCCCCCCCCC(C)C. The molecule has 416 valence electrons. The molecule has 6 nitrogen and oxygen atoms in total. The molecule has 0 saturated carbocycles. The van der Waals surface area contributed by atoms with E-state index < -0.39 is 6.10 Å². The first kappa shape index (κ1) is 68.4. The fourth-order valence-electron chi connectivity index (χ4n) is 9.88. The highest BCUT2D eigenvalue weighted by molar-refractivity contribution is 5.71. The summed E-state index contributed by atoms with van der Waals surface area (Å²) in [7, 11) is 0. The largest absolute Gasteiger partial charge is 0.462 e. The summed E-state index contributed by atoms with van der Waals surface area (Å²) in [5.41, 5.74) is 0. The van der Waals surface area contributed by atoms with Crippen LogP contribution in [0.4, 0.5) is 0 Å². The summed E-state index contributed by atoms with van der Waals surface area (Å²) in [4.78, 5) is 38.3. The molecule has 0 N–H and O–H groups in total. The molecular weight excluding hydrogens is 865 g/mol. The summed E-state index contributed by atoms with van der Waals surface area (Å²) in [6.45, 7) is 13.8. The topological polar surface area (TPSA) is 78.9 Å². The zero-order valence-electron chi connectivity index (χ0n) is 48.3. The molecule has 0 aromatic heterocycles. The third-order valence-electron chi connectivity index (χ3n) is 14.6. The van der Waals surface area contributed by atoms with Crippen LogP contribution in [0.3, 0.4) is 0 Å². The molecule has 6 heteroatoms. The van der Waals surface area contributed by atoms with Crippen LogP contribution in [-0.2, 0) is 28.6 Å². The van der Waals surface area contributed by atoms with Crippen molar-refractivity contribution in [1.82, 2.24) is 0 Å². The number of esters is 3. The van der Waals surface area contributed by atoms with Crippen LogP contribution >= 0.6 is 0 Å². The first-order chi connectivity index (χ1) is 34.1. The van der Waals surface area contributed by atoms with Gasteiger partial charge in [0.25, 0.3) is 0 Å². The van der Waals surface area contributed by atoms with Crippen molar-refractivity contribution in [3.05, 3.63) is 0 Å². The van der Waals surface area contributed by atoms with Crippen molar-refractivity contribution in [2.45, 2.75) is 362 Å². The predicted molar refractivity (Wildman–Crippen MR) is 303 cm³/mol. The fourth-order valence-corrected chi connectivity index (χ4v) is 9.88. The van der Waals surface area contributed by atoms with Crippen LogP contribution in [0.2, 0.25) is 0 Å². The molecule has 0 aliphatic rings. The molecule has 0 aliphatic carbocycles. The average molecular weight is 990 g/mol. The van der Waals surface area contributed by atoms with E-state index in [1.807, 2.05) is 0 Å². The highest BCUT2D eigenvalue weighted by Gasteiger charge is 2.19. The van der Waals surface area contributed by atoms with Gasteiger partial charge >= 0.3 is 17.9 Å². The second-order valence-corrected chi connectivity index (χ2v) is 23.5. The molecule has 0 spiro atoms. The lowest BCUT2D eigenvalue weighted by Gasteiger charge is -2.18. The monoisotopic (exact) mass is 989 g/mol. The van der Waals surface area contributed by atoms with Crippen molar-refractivity contribution < 1.29 is 28.6 Å². The Hall–Kier alpha value is -1.59. The minimum Gasteiger partial charge on any atom is -0.462 e. The molecule has 0 saturated heterocycles. The fraction of sp³-hybridized carbons (Fsp3) is 0.953. The maximum absolute atomic E-state index is 12.9. The van der Waals surface area contributed by atoms with Crippen molar-refractivity contribution in [1.29, 1.82) is 0 Å². The van der Waals surface area contributed by atoms with Gasteiger partial charge in [-0.05, 0) is 37.0 Å². The summed E-state index contributed by atoms with van der Waals surface area (Å²) < 4.78 is 17.0. The third-order valence-corrected chi connectivity index (χ3v) is 14.6. The maximum atomic E-state index is 12.9. The van der Waals surface area contributed by atoms with Crippen molar-refractivity contribution in [3.63, 3.8) is 0 Å². The van der Waals surface area contributed by atoms with Crippen LogP contribution in [-0.4, -0.2) is 37.2 Å². The quantitative estimate of drug-likeness (QED) is 0.0343. The van der Waals surface area contributed by atoms with Crippen molar-refractivity contribution in [3.8, 4) is 0 Å². The minimum absolute atomic E-state index is 0.0627. The lowest BCUT2D eigenvalue weighted by atomic mass is 10.0. The van der Waals surface area contributed by atoms with Gasteiger partial charge in [0, 0.05) is 19.3 Å². The number of carbonyl (C=O) groups excluding carboxylic acids is 3. The van der Waals surface area contributed by atoms with Gasteiger partial charge in [-0.2, -0.15) is 0 Å². The van der Waals surface area contributed by atoms with Crippen molar-refractivity contribution >= 4 is 17.9 Å². The van der Waals surface area contributed by atoms with Crippen molar-refractivity contribution in [2.75, 3.05) is 13.2 Å². The van der Waals surface area contributed by atoms with Gasteiger partial charge in [-0.25, -0.2) is 0 Å². The second-order valence-electron chi connectivity index (χ2n) is 23.5. The van der Waals surface area contributed by atoms with E-state index >= 15 is 0 Å². The molecule has 0 radical (unpaired) electrons. The van der Waals surface area contributed by atoms with E-state index in [1.54, 1.807) is 0 Å². The molecule has 70 heavy (non-hydrogen) atoms. The van der Waals surface area contributed by atoms with Crippen LogP contribution in [0.15, 0.2) is 0 Å². The highest BCUT2D eigenvalue weighted by Crippen LogP contribution is 2.19. The summed E-state index contributed by atoms with van der Waals surface area (Å²) in [6.07, 6.45) is 59.6. The number of carbonyl (C=O) groups is 3. The van der Waals surface area contributed by atoms with Gasteiger partial charge in [-0.1, -0.05) is 318 Å². The Labute approximate surface area is 438 Å². The summed E-state index contributed by atoms with van der Waals surface area (Å²) in [5, 5.41) is 0. The normalized spacial score (nSPS) is 12.1. The molecule has 0 amide bonds. The first-order valence-corrected chi connectivity index (χ1v) is 31.6. The zero-order chi connectivity index (χ0) is 51.2. The third kappa shape index (κ3) is 57.3. The maximum Gasteiger partial charge on any atom is 0.306 e. The Bertz CT molecular complexity index is 1090. The summed E-state index contributed by atoms with van der Waals surface area (Å²) in [5.74, 6) is 1.70. The van der Waals surface area contributed by atoms with Gasteiger partial charge in [-0.3, -0.25) is 14.4 Å². The van der Waals surface area contributed by atoms with Gasteiger partial charge in [0.2, 0.25) is 0 Å². The highest BCUT2D eigenvalue weighted by atomic mass is 16.6. The van der Waals surface area contributed by atoms with Crippen LogP contribution in [0.1, 0.15) is 356 Å². The van der Waals surface area contributed by atoms with Crippen LogP contribution in [0.25, 0.3) is 0 Å². The van der Waals surface area contributed by atoms with E-state index in [-0.39, 0.29) is 31.1 Å². The lowest BCUT2D eigenvalue weighted by Crippen LogP contribution is -2.30. The molecule has 0 fully saturated rings. The molecule has 0 aromatic rings. The Morgan fingerprint density at radius 3 is 0.614 bits per heavy atom. The molecule has 0 aliphatic heterocycles. The number of rotatable bonds is 57. The number of ether oxygens (including phenoxy) is 3. The number of hydrogen-bond donors (Lipinski definition) is 0. The average Bonchev–Trinajstić information content (AvgIpc) is 3.32. The van der Waals surface area contributed by atoms with Crippen LogP contribution < -0.4 is 0 Å². The lowest BCUT2D eigenvalue weighted by molar-refractivity contribution is -0.167. The standard InChI is InChI=1S/C64H124O6/c1-58(2)50-44-38-32-26-20-14-10-7-8-12-16-23-29-35-41-47-53-62(65)68-56-61(70-64(67)55-49-43-37-31-25-19-18-22-28-34-40-46-52-60(5)6)57-69-63(66)54-48-42-36-30-24-17-13-9-11-15-21-27-33-39-45-51-59(3)4/h58-61H,7-57H2,1-6H3/t61-/m1/s1. The van der Waals surface area contributed by atoms with Gasteiger partial charge in [-0.15, -0.1) is 0 Å². The van der Waals surface area contributed by atoms with E-state index in [0.29, 0.717) is 19.3 Å². The van der Waals surface area contributed by atoms with Gasteiger partial charge in [0.05, 0.1) is 0 Å². The Morgan fingerprint density at radius 1 is 0.243 bits per heavy atom. The van der Waals surface area contributed by atoms with Gasteiger partial charge < -0.3 is 14.2 Å². The van der Waals surface area contributed by atoms with E-state index in [4.69, 9.17) is 14.2 Å². The summed E-state index contributed by atoms with van der Waals surface area (Å²) >= 11 is 0. The van der Waals surface area contributed by atoms with Crippen LogP contribution in [0.5, 0.6) is 0 Å². The van der Waals surface area contributed by atoms with Gasteiger partial charge in [0.1, 0.15) is 13.2 Å². The minimum atomic E-state index is -0.764. The first-order valence-electron chi connectivity index (χ1n) is 31.6. The zero-order valence-corrected chi connectivity index (χ0v) is 48.3. The molecule has 1 atom stereocenters. The van der Waals surface area contributed by atoms with Crippen LogP contribution in [0, 0.1) is 17.8 Å². The summed E-state index contributed by atoms with van der Waals surface area (Å²) in [6, 6.07) is 0. The Morgan fingerprint density at radius 2 is 0.414 bits per heavy atom. The van der Waals surface area contributed by atoms with E-state index in [1.165, 1.54) is 238 Å². The molecule has 0 unspecified atom stereocenters. The molecule has 0 heterocycles. The van der Waals surface area contributed by atoms with E-state index in [2.05, 4.69) is 41.5 Å². The molecule has 0 rings (SSSR count). The predicted octanol–water partition coefficient (Wildman–Crippen LogP) is 21.1. The second kappa shape index (κ2) is 55.2. The molecule has 0 aromatic carbocycles. The number of unbranched alkanes of at least 4 members (excludes halogenated alkanes) is 40. The smallest absolute Gasteiger partial charge is 0.306 e. The van der Waals surface area contributed by atoms with Gasteiger partial charge in [0.15, 0.2) is 6.10 Å². The number of hydrogen-bond acceptors (Lipinski definition) is 6. The molecule has 0 bridgehead atoms. The van der Waals surface area contributed by atoms with Crippen molar-refractivity contribution in [2.24, 2.45) is 17.8 Å². The molecular formula is C64H124O6. The van der Waals surface area contributed by atoms with E-state index in [9.17, 15) is 14.4 Å². The Kier molecular flexibility index (Phi) is 53.9. The van der Waals surface area contributed by atoms with E-state index in [0.717, 1.165) is 75.5 Å². The Balaban J connectivity index is 4.28.